The molecule has 0 saturated heterocycles. The molecule has 0 aliphatic rings. The Kier molecular flexibility index (Phi) is 4.09. The predicted molar refractivity (Wildman–Crippen MR) is 51.8 cm³/mol. The molecule has 0 aromatic carbocycles. The van der Waals surface area contributed by atoms with Crippen molar-refractivity contribution >= 4 is 0 Å². The van der Waals surface area contributed by atoms with Crippen molar-refractivity contribution in [2.45, 2.75) is 46.6 Å². The van der Waals surface area contributed by atoms with Crippen LogP contribution >= 0.6 is 0 Å². The van der Waals surface area contributed by atoms with Gasteiger partial charge >= 0.3 is 0 Å². The maximum absolute atomic E-state index is 2.35. The van der Waals surface area contributed by atoms with Gasteiger partial charge in [-0.25, -0.2) is 0 Å². The fourth-order valence-electron chi connectivity index (χ4n) is 1.85. The van der Waals surface area contributed by atoms with Crippen LogP contribution in [0.5, 0.6) is 0 Å². The molecule has 0 heterocycles. The highest BCUT2D eigenvalue weighted by molar-refractivity contribution is 4.81. The first-order valence-corrected chi connectivity index (χ1v) is 4.62. The maximum Gasteiger partial charge on any atom is 0.0138 e. The van der Waals surface area contributed by atoms with E-state index < -0.39 is 0 Å². The summed E-state index contributed by atoms with van der Waals surface area (Å²) >= 11 is 0. The Hall–Kier alpha value is -0.0400. The molecule has 0 aliphatic carbocycles. The minimum absolute atomic E-state index is 0.457. The molecule has 11 heavy (non-hydrogen) atoms. The third-order valence-corrected chi connectivity index (χ3v) is 2.82. The van der Waals surface area contributed by atoms with Crippen molar-refractivity contribution in [1.29, 1.82) is 0 Å². The summed E-state index contributed by atoms with van der Waals surface area (Å²) in [7, 11) is 4.34. The van der Waals surface area contributed by atoms with Gasteiger partial charge in [-0.3, -0.25) is 0 Å². The molecule has 0 N–H and O–H groups in total. The minimum Gasteiger partial charge on any atom is -0.306 e. The Morgan fingerprint density at radius 3 is 1.73 bits per heavy atom. The third-order valence-electron chi connectivity index (χ3n) is 2.82. The summed E-state index contributed by atoms with van der Waals surface area (Å²) < 4.78 is 0. The molecule has 0 aliphatic heterocycles. The molecule has 0 saturated carbocycles. The molecular weight excluding hydrogens is 134 g/mol. The third kappa shape index (κ3) is 2.82. The van der Waals surface area contributed by atoms with E-state index in [2.05, 4.69) is 46.7 Å². The van der Waals surface area contributed by atoms with Crippen LogP contribution in [0.3, 0.4) is 0 Å². The highest BCUT2D eigenvalue weighted by atomic mass is 15.1. The van der Waals surface area contributed by atoms with Crippen molar-refractivity contribution < 1.29 is 0 Å². The molecule has 0 spiro atoms. The van der Waals surface area contributed by atoms with E-state index in [1.165, 1.54) is 12.8 Å². The van der Waals surface area contributed by atoms with Gasteiger partial charge in [-0.1, -0.05) is 27.7 Å². The summed E-state index contributed by atoms with van der Waals surface area (Å²) in [5.41, 5.74) is 0.457. The molecule has 1 nitrogen and oxygen atoms in total. The van der Waals surface area contributed by atoms with Crippen LogP contribution in [-0.2, 0) is 0 Å². The zero-order chi connectivity index (χ0) is 9.07. The van der Waals surface area contributed by atoms with Gasteiger partial charge < -0.3 is 4.90 Å². The summed E-state index contributed by atoms with van der Waals surface area (Å²) in [6.07, 6.45) is 2.50. The number of rotatable bonds is 4. The molecule has 0 aromatic heterocycles. The van der Waals surface area contributed by atoms with E-state index in [0.29, 0.717) is 11.5 Å². The quantitative estimate of drug-likeness (QED) is 0.606. The Morgan fingerprint density at radius 2 is 1.64 bits per heavy atom. The second-order valence-electron chi connectivity index (χ2n) is 4.23. The summed E-state index contributed by atoms with van der Waals surface area (Å²) in [6, 6.07) is 0.715. The lowest BCUT2D eigenvalue weighted by Crippen LogP contribution is -2.40. The van der Waals surface area contributed by atoms with Crippen molar-refractivity contribution in [2.75, 3.05) is 14.1 Å². The van der Waals surface area contributed by atoms with Crippen molar-refractivity contribution in [3.05, 3.63) is 0 Å². The van der Waals surface area contributed by atoms with Crippen LogP contribution in [0.4, 0.5) is 0 Å². The molecular formula is C10H23N. The Morgan fingerprint density at radius 1 is 1.18 bits per heavy atom. The zero-order valence-corrected chi connectivity index (χ0v) is 8.94. The van der Waals surface area contributed by atoms with Gasteiger partial charge in [0, 0.05) is 6.04 Å². The fraction of sp³-hybridized carbons (Fsp3) is 1.00. The summed E-state index contributed by atoms with van der Waals surface area (Å²) in [4.78, 5) is 2.34. The largest absolute Gasteiger partial charge is 0.306 e. The lowest BCUT2D eigenvalue weighted by Gasteiger charge is -2.37. The van der Waals surface area contributed by atoms with Crippen LogP contribution < -0.4 is 0 Å². The molecule has 1 heteroatoms. The molecule has 0 rings (SSSR count). The first-order valence-electron chi connectivity index (χ1n) is 4.62. The van der Waals surface area contributed by atoms with Gasteiger partial charge in [-0.2, -0.15) is 0 Å². The number of hydrogen-bond acceptors (Lipinski definition) is 1. The van der Waals surface area contributed by atoms with E-state index in [9.17, 15) is 0 Å². The van der Waals surface area contributed by atoms with E-state index in [1.54, 1.807) is 0 Å². The van der Waals surface area contributed by atoms with Gasteiger partial charge in [-0.15, -0.1) is 0 Å². The zero-order valence-electron chi connectivity index (χ0n) is 8.94. The summed E-state index contributed by atoms with van der Waals surface area (Å²) in [6.45, 7) is 9.23. The minimum atomic E-state index is 0.457. The SMILES string of the molecule is CCC(N(C)C)C(C)(C)CC. The molecule has 0 fully saturated rings. The van der Waals surface area contributed by atoms with Crippen LogP contribution in [0.2, 0.25) is 0 Å². The number of nitrogens with zero attached hydrogens (tertiary/aromatic N) is 1. The second kappa shape index (κ2) is 4.10. The smallest absolute Gasteiger partial charge is 0.0138 e. The van der Waals surface area contributed by atoms with E-state index in [-0.39, 0.29) is 0 Å². The standard InChI is InChI=1S/C10H23N/c1-7-9(11(5)6)10(3,4)8-2/h9H,7-8H2,1-6H3. The first-order chi connectivity index (χ1) is 4.95. The molecule has 1 atom stereocenters. The molecule has 0 aromatic rings. The van der Waals surface area contributed by atoms with Gasteiger partial charge in [-0.05, 0) is 32.4 Å². The van der Waals surface area contributed by atoms with Crippen LogP contribution in [0.25, 0.3) is 0 Å². The topological polar surface area (TPSA) is 3.24 Å². The van der Waals surface area contributed by atoms with Gasteiger partial charge in [0.2, 0.25) is 0 Å². The summed E-state index contributed by atoms with van der Waals surface area (Å²) in [5.74, 6) is 0. The summed E-state index contributed by atoms with van der Waals surface area (Å²) in [5, 5.41) is 0. The van der Waals surface area contributed by atoms with Gasteiger partial charge in [0.05, 0.1) is 0 Å². The van der Waals surface area contributed by atoms with E-state index >= 15 is 0 Å². The average Bonchev–Trinajstić information content (AvgIpc) is 1.88. The Balaban J connectivity index is 4.23. The van der Waals surface area contributed by atoms with E-state index in [1.807, 2.05) is 0 Å². The Labute approximate surface area is 71.8 Å². The highest BCUT2D eigenvalue weighted by Crippen LogP contribution is 2.29. The molecule has 68 valence electrons. The molecule has 0 bridgehead atoms. The monoisotopic (exact) mass is 157 g/mol. The van der Waals surface area contributed by atoms with Crippen LogP contribution in [0.15, 0.2) is 0 Å². The van der Waals surface area contributed by atoms with Gasteiger partial charge in [0.15, 0.2) is 0 Å². The molecule has 0 amide bonds. The lowest BCUT2D eigenvalue weighted by atomic mass is 9.80. The van der Waals surface area contributed by atoms with Crippen LogP contribution in [0, 0.1) is 5.41 Å². The maximum atomic E-state index is 2.35. The van der Waals surface area contributed by atoms with Crippen molar-refractivity contribution in [1.82, 2.24) is 4.90 Å². The molecule has 0 radical (unpaired) electrons. The fourth-order valence-corrected chi connectivity index (χ4v) is 1.85. The van der Waals surface area contributed by atoms with Crippen LogP contribution in [-0.4, -0.2) is 25.0 Å². The van der Waals surface area contributed by atoms with Crippen molar-refractivity contribution in [3.63, 3.8) is 0 Å². The van der Waals surface area contributed by atoms with Crippen molar-refractivity contribution in [3.8, 4) is 0 Å². The van der Waals surface area contributed by atoms with Gasteiger partial charge in [0.1, 0.15) is 0 Å². The molecule has 1 unspecified atom stereocenters. The Bertz CT molecular complexity index is 105. The highest BCUT2D eigenvalue weighted by Gasteiger charge is 2.27. The number of hydrogen-bond donors (Lipinski definition) is 0. The second-order valence-corrected chi connectivity index (χ2v) is 4.23. The van der Waals surface area contributed by atoms with Crippen molar-refractivity contribution in [2.24, 2.45) is 5.41 Å². The average molecular weight is 157 g/mol. The van der Waals surface area contributed by atoms with E-state index in [4.69, 9.17) is 0 Å². The van der Waals surface area contributed by atoms with Crippen LogP contribution in [0.1, 0.15) is 40.5 Å². The normalized spacial score (nSPS) is 15.5. The first kappa shape index (κ1) is 11.0. The predicted octanol–water partition coefficient (Wildman–Crippen LogP) is 2.76. The lowest BCUT2D eigenvalue weighted by molar-refractivity contribution is 0.126. The van der Waals surface area contributed by atoms with E-state index in [0.717, 1.165) is 0 Å². The van der Waals surface area contributed by atoms with Gasteiger partial charge in [0.25, 0.3) is 0 Å².